The highest BCUT2D eigenvalue weighted by atomic mass is 16.6. The Morgan fingerprint density at radius 3 is 1.87 bits per heavy atom. The highest BCUT2D eigenvalue weighted by Crippen LogP contribution is 2.40. The number of esters is 1. The summed E-state index contributed by atoms with van der Waals surface area (Å²) in [6.45, 7) is 7.45. The van der Waals surface area contributed by atoms with Crippen LogP contribution in [0.15, 0.2) is 115 Å². The third kappa shape index (κ3) is 8.77. The first-order valence-electron chi connectivity index (χ1n) is 17.4. The van der Waals surface area contributed by atoms with Crippen LogP contribution in [0.4, 0.5) is 4.79 Å². The molecular formula is C42H41BN2O8. The smallest absolute Gasteiger partial charge is 0.487 e. The lowest BCUT2D eigenvalue weighted by molar-refractivity contribution is 0.0459. The largest absolute Gasteiger partial charge is 0.506 e. The summed E-state index contributed by atoms with van der Waals surface area (Å²) in [5, 5.41) is 21.0. The molecule has 11 heteroatoms. The first-order chi connectivity index (χ1) is 25.5. The number of nitrogens with zero attached hydrogens (tertiary/aromatic N) is 2. The van der Waals surface area contributed by atoms with Crippen LogP contribution in [0.3, 0.4) is 0 Å². The van der Waals surface area contributed by atoms with Crippen molar-refractivity contribution in [3.63, 3.8) is 0 Å². The molecule has 6 rings (SSSR count). The van der Waals surface area contributed by atoms with Crippen LogP contribution in [-0.2, 0) is 35.7 Å². The molecule has 0 spiro atoms. The van der Waals surface area contributed by atoms with Gasteiger partial charge >= 0.3 is 19.2 Å². The Morgan fingerprint density at radius 2 is 1.32 bits per heavy atom. The summed E-state index contributed by atoms with van der Waals surface area (Å²) in [5.41, 5.74) is 3.92. The quantitative estimate of drug-likeness (QED) is 0.0997. The van der Waals surface area contributed by atoms with Gasteiger partial charge in [-0.25, -0.2) is 14.6 Å². The Morgan fingerprint density at radius 1 is 0.755 bits per heavy atom. The fourth-order valence-electron chi connectivity index (χ4n) is 5.93. The number of benzene rings is 4. The summed E-state index contributed by atoms with van der Waals surface area (Å²) in [4.78, 5) is 32.4. The third-order valence-corrected chi connectivity index (χ3v) is 8.37. The number of carbonyl (C=O) groups excluding carboxylic acids is 2. The highest BCUT2D eigenvalue weighted by Gasteiger charge is 2.31. The zero-order valence-electron chi connectivity index (χ0n) is 30.1. The number of aromatic nitrogens is 2. The molecule has 0 radical (unpaired) electrons. The van der Waals surface area contributed by atoms with Crippen molar-refractivity contribution in [2.24, 2.45) is 0 Å². The van der Waals surface area contributed by atoms with Crippen molar-refractivity contribution in [3.8, 4) is 22.9 Å². The molecule has 0 unspecified atom stereocenters. The summed E-state index contributed by atoms with van der Waals surface area (Å²) in [6.07, 6.45) is -0.329. The monoisotopic (exact) mass is 712 g/mol. The standard InChI is InChI=1S/C42H41BN2O8/c1-5-33-37(31-21-22-34-32(23-31)24-35(43(48)49)45(34)41(47)53-42(2,3)4)44-39(51-26-29-17-11-7-12-18-29)36(38(33)50-25-28-15-9-6-10-16-28)40(46)52-27-30-19-13-8-14-20-30/h6-24,48-49H,5,25-27H2,1-4H3. The molecule has 0 aliphatic rings. The van der Waals surface area contributed by atoms with Crippen LogP contribution in [0.5, 0.6) is 11.6 Å². The number of hydrogen-bond acceptors (Lipinski definition) is 9. The molecule has 53 heavy (non-hydrogen) atoms. The second-order valence-corrected chi connectivity index (χ2v) is 13.4. The zero-order valence-corrected chi connectivity index (χ0v) is 30.1. The normalized spacial score (nSPS) is 11.3. The molecule has 0 aliphatic heterocycles. The zero-order chi connectivity index (χ0) is 37.5. The van der Waals surface area contributed by atoms with Gasteiger partial charge in [-0.1, -0.05) is 104 Å². The lowest BCUT2D eigenvalue weighted by Crippen LogP contribution is -2.40. The van der Waals surface area contributed by atoms with Crippen molar-refractivity contribution in [2.45, 2.75) is 59.5 Å². The molecule has 0 aliphatic carbocycles. The number of hydrogen-bond donors (Lipinski definition) is 2. The second kappa shape index (κ2) is 16.2. The Kier molecular flexibility index (Phi) is 11.3. The molecular weight excluding hydrogens is 671 g/mol. The van der Waals surface area contributed by atoms with Gasteiger partial charge < -0.3 is 29.0 Å². The second-order valence-electron chi connectivity index (χ2n) is 13.4. The van der Waals surface area contributed by atoms with E-state index < -0.39 is 24.8 Å². The molecule has 2 N–H and O–H groups in total. The van der Waals surface area contributed by atoms with Crippen LogP contribution in [0, 0.1) is 0 Å². The Bertz CT molecular complexity index is 2200. The maximum atomic E-state index is 14.1. The van der Waals surface area contributed by atoms with Gasteiger partial charge in [0.15, 0.2) is 5.56 Å². The van der Waals surface area contributed by atoms with Crippen LogP contribution < -0.4 is 15.1 Å². The summed E-state index contributed by atoms with van der Waals surface area (Å²) >= 11 is 0. The van der Waals surface area contributed by atoms with Gasteiger partial charge in [-0.05, 0) is 62.1 Å². The van der Waals surface area contributed by atoms with E-state index >= 15 is 0 Å². The van der Waals surface area contributed by atoms with E-state index in [0.717, 1.165) is 21.3 Å². The first-order valence-corrected chi connectivity index (χ1v) is 17.4. The van der Waals surface area contributed by atoms with Crippen LogP contribution in [0.25, 0.3) is 22.2 Å². The predicted molar refractivity (Wildman–Crippen MR) is 203 cm³/mol. The van der Waals surface area contributed by atoms with E-state index in [1.807, 2.05) is 97.9 Å². The van der Waals surface area contributed by atoms with E-state index in [0.29, 0.717) is 34.1 Å². The van der Waals surface area contributed by atoms with E-state index in [1.165, 1.54) is 6.07 Å². The number of pyridine rings is 1. The SMILES string of the molecule is CCc1c(-c2ccc3c(c2)cc(B(O)O)n3C(=O)OC(C)(C)C)nc(OCc2ccccc2)c(C(=O)OCc2ccccc2)c1OCc1ccccc1. The maximum absolute atomic E-state index is 14.1. The van der Waals surface area contributed by atoms with E-state index in [9.17, 15) is 19.6 Å². The Labute approximate surface area is 308 Å². The minimum Gasteiger partial charge on any atom is -0.487 e. The molecule has 4 aromatic carbocycles. The fourth-order valence-corrected chi connectivity index (χ4v) is 5.93. The van der Waals surface area contributed by atoms with E-state index in [4.69, 9.17) is 23.9 Å². The molecule has 0 fully saturated rings. The number of ether oxygens (including phenoxy) is 4. The molecule has 0 atom stereocenters. The molecule has 6 aromatic rings. The fraction of sp³-hybridized carbons (Fsp3) is 0.214. The van der Waals surface area contributed by atoms with Crippen LogP contribution >= 0.6 is 0 Å². The van der Waals surface area contributed by atoms with Gasteiger partial charge in [0.25, 0.3) is 0 Å². The maximum Gasteiger partial charge on any atom is 0.506 e. The van der Waals surface area contributed by atoms with Gasteiger partial charge in [-0.15, -0.1) is 0 Å². The first kappa shape index (κ1) is 36.9. The van der Waals surface area contributed by atoms with Crippen molar-refractivity contribution < 1.29 is 38.6 Å². The Hall–Kier alpha value is -5.91. The van der Waals surface area contributed by atoms with Gasteiger partial charge in [0.05, 0.1) is 16.8 Å². The minimum absolute atomic E-state index is 0.0278. The van der Waals surface area contributed by atoms with E-state index in [2.05, 4.69) is 0 Å². The molecule has 270 valence electrons. The number of carbonyl (C=O) groups is 2. The predicted octanol–water partition coefficient (Wildman–Crippen LogP) is 7.24. The minimum atomic E-state index is -1.94. The van der Waals surface area contributed by atoms with Crippen molar-refractivity contribution >= 4 is 35.7 Å². The van der Waals surface area contributed by atoms with Crippen molar-refractivity contribution in [2.75, 3.05) is 0 Å². The van der Waals surface area contributed by atoms with Gasteiger partial charge in [0, 0.05) is 16.5 Å². The average molecular weight is 713 g/mol. The lowest BCUT2D eigenvalue weighted by Gasteiger charge is -2.21. The summed E-state index contributed by atoms with van der Waals surface area (Å²) in [5.74, 6) is -0.347. The molecule has 0 saturated heterocycles. The lowest BCUT2D eigenvalue weighted by atomic mass is 9.86. The van der Waals surface area contributed by atoms with Crippen molar-refractivity contribution in [1.82, 2.24) is 9.55 Å². The molecule has 2 aromatic heterocycles. The van der Waals surface area contributed by atoms with Gasteiger partial charge in [-0.3, -0.25) is 4.57 Å². The van der Waals surface area contributed by atoms with Crippen LogP contribution in [-0.4, -0.2) is 44.4 Å². The van der Waals surface area contributed by atoms with E-state index in [-0.39, 0.29) is 42.6 Å². The molecule has 2 heterocycles. The summed E-state index contributed by atoms with van der Waals surface area (Å²) < 4.78 is 25.5. The molecule has 10 nitrogen and oxygen atoms in total. The molecule has 0 bridgehead atoms. The van der Waals surface area contributed by atoms with Gasteiger partial charge in [-0.2, -0.15) is 0 Å². The van der Waals surface area contributed by atoms with Crippen LogP contribution in [0.1, 0.15) is 60.3 Å². The van der Waals surface area contributed by atoms with Crippen molar-refractivity contribution in [1.29, 1.82) is 0 Å². The van der Waals surface area contributed by atoms with E-state index in [1.54, 1.807) is 39.0 Å². The van der Waals surface area contributed by atoms with Crippen molar-refractivity contribution in [3.05, 3.63) is 143 Å². The van der Waals surface area contributed by atoms with Crippen LogP contribution in [0.2, 0.25) is 0 Å². The molecule has 0 saturated carbocycles. The van der Waals surface area contributed by atoms with Gasteiger partial charge in [0.2, 0.25) is 5.88 Å². The average Bonchev–Trinajstić information content (AvgIpc) is 3.55. The topological polar surface area (TPSA) is 129 Å². The third-order valence-electron chi connectivity index (χ3n) is 8.37. The summed E-state index contributed by atoms with van der Waals surface area (Å²) in [7, 11) is -1.94. The number of rotatable bonds is 12. The Balaban J connectivity index is 1.51. The van der Waals surface area contributed by atoms with Gasteiger partial charge in [0.1, 0.15) is 31.2 Å². The summed E-state index contributed by atoms with van der Waals surface area (Å²) in [6, 6.07) is 35.3. The number of fused-ring (bicyclic) bond motifs is 1. The molecule has 0 amide bonds. The highest BCUT2D eigenvalue weighted by molar-refractivity contribution is 6.59.